The first-order valence-corrected chi connectivity index (χ1v) is 7.99. The maximum atomic E-state index is 12.5. The third kappa shape index (κ3) is 6.24. The van der Waals surface area contributed by atoms with E-state index in [0.29, 0.717) is 6.42 Å². The molecule has 1 aliphatic heterocycles. The summed E-state index contributed by atoms with van der Waals surface area (Å²) in [6, 6.07) is 0. The van der Waals surface area contributed by atoms with E-state index in [1.165, 1.54) is 4.90 Å². The molecule has 0 atom stereocenters. The van der Waals surface area contributed by atoms with Crippen LogP contribution in [-0.2, 0) is 14.3 Å². The molecule has 0 aromatic rings. The number of esters is 1. The van der Waals surface area contributed by atoms with Gasteiger partial charge in [0.1, 0.15) is 11.7 Å². The number of amides is 1. The highest BCUT2D eigenvalue weighted by Gasteiger charge is 2.62. The molecule has 5 nitrogen and oxygen atoms in total. The van der Waals surface area contributed by atoms with Crippen LogP contribution in [0.25, 0.3) is 0 Å². The van der Waals surface area contributed by atoms with Gasteiger partial charge in [0.25, 0.3) is 0 Å². The number of carbonyl (C=O) groups is 2. The Morgan fingerprint density at radius 2 is 1.50 bits per heavy atom. The Balaban J connectivity index is 2.61. The first-order valence-electron chi connectivity index (χ1n) is 7.99. The Hall–Kier alpha value is -1.68. The second-order valence-electron chi connectivity index (χ2n) is 6.62. The van der Waals surface area contributed by atoms with Crippen LogP contribution in [0.4, 0.5) is 31.1 Å². The molecule has 0 aliphatic carbocycles. The average Bonchev–Trinajstić information content (AvgIpc) is 2.44. The van der Waals surface area contributed by atoms with Gasteiger partial charge in [0.05, 0.1) is 0 Å². The van der Waals surface area contributed by atoms with Crippen molar-refractivity contribution < 1.29 is 45.4 Å². The molecule has 0 aromatic heterocycles. The summed E-state index contributed by atoms with van der Waals surface area (Å²) in [6.07, 6.45) is -12.9. The van der Waals surface area contributed by atoms with Crippen molar-refractivity contribution in [2.24, 2.45) is 5.92 Å². The van der Waals surface area contributed by atoms with Gasteiger partial charge in [-0.15, -0.1) is 0 Å². The molecule has 1 saturated heterocycles. The highest BCUT2D eigenvalue weighted by Crippen LogP contribution is 2.40. The van der Waals surface area contributed by atoms with Crippen LogP contribution in [0.5, 0.6) is 0 Å². The molecule has 26 heavy (non-hydrogen) atoms. The molecule has 0 spiro atoms. The van der Waals surface area contributed by atoms with Crippen LogP contribution in [0.1, 0.15) is 40.0 Å². The minimum absolute atomic E-state index is 0.000718. The van der Waals surface area contributed by atoms with E-state index in [-0.39, 0.29) is 25.9 Å². The molecular formula is C15H21F6NO4. The zero-order chi connectivity index (χ0) is 20.3. The van der Waals surface area contributed by atoms with Crippen LogP contribution in [0, 0.1) is 5.92 Å². The van der Waals surface area contributed by atoms with E-state index < -0.39 is 42.0 Å². The van der Waals surface area contributed by atoms with Crippen LogP contribution in [0.3, 0.4) is 0 Å². The van der Waals surface area contributed by atoms with Crippen LogP contribution < -0.4 is 0 Å². The van der Waals surface area contributed by atoms with Gasteiger partial charge in [-0.25, -0.2) is 4.79 Å². The van der Waals surface area contributed by atoms with Crippen molar-refractivity contribution >= 4 is 12.1 Å². The second-order valence-corrected chi connectivity index (χ2v) is 6.62. The molecule has 0 unspecified atom stereocenters. The number of nitrogens with zero attached hydrogens (tertiary/aromatic N) is 1. The van der Waals surface area contributed by atoms with E-state index >= 15 is 0 Å². The number of carbonyl (C=O) groups excluding carboxylic acids is 2. The van der Waals surface area contributed by atoms with E-state index in [1.54, 1.807) is 13.8 Å². The number of ether oxygens (including phenoxy) is 2. The quantitative estimate of drug-likeness (QED) is 0.534. The monoisotopic (exact) mass is 393 g/mol. The Morgan fingerprint density at radius 3 is 1.88 bits per heavy atom. The van der Waals surface area contributed by atoms with Crippen molar-refractivity contribution in [2.75, 3.05) is 13.1 Å². The minimum Gasteiger partial charge on any atom is -0.462 e. The molecule has 0 bridgehead atoms. The number of halogens is 6. The smallest absolute Gasteiger partial charge is 0.411 e. The summed E-state index contributed by atoms with van der Waals surface area (Å²) in [4.78, 5) is 24.6. The zero-order valence-corrected chi connectivity index (χ0v) is 14.5. The zero-order valence-electron chi connectivity index (χ0n) is 14.5. The van der Waals surface area contributed by atoms with Gasteiger partial charge in [-0.2, -0.15) is 26.3 Å². The molecule has 11 heteroatoms. The molecule has 1 fully saturated rings. The van der Waals surface area contributed by atoms with Gasteiger partial charge in [0, 0.05) is 25.9 Å². The van der Waals surface area contributed by atoms with E-state index in [2.05, 4.69) is 4.74 Å². The average molecular weight is 393 g/mol. The summed E-state index contributed by atoms with van der Waals surface area (Å²) in [5.41, 5.74) is -0.701. The van der Waals surface area contributed by atoms with Crippen molar-refractivity contribution in [3.63, 3.8) is 0 Å². The topological polar surface area (TPSA) is 55.8 Å². The molecule has 152 valence electrons. The van der Waals surface area contributed by atoms with Gasteiger partial charge in [0.2, 0.25) is 5.92 Å². The van der Waals surface area contributed by atoms with Crippen LogP contribution >= 0.6 is 0 Å². The highest BCUT2D eigenvalue weighted by atomic mass is 19.4. The van der Waals surface area contributed by atoms with Gasteiger partial charge in [-0.05, 0) is 20.3 Å². The molecule has 1 rings (SSSR count). The molecule has 0 aromatic carbocycles. The summed E-state index contributed by atoms with van der Waals surface area (Å²) in [5.74, 6) is -6.55. The van der Waals surface area contributed by atoms with Gasteiger partial charge < -0.3 is 14.4 Å². The number of hydrogen-bond donors (Lipinski definition) is 0. The molecule has 1 aliphatic rings. The Morgan fingerprint density at radius 1 is 1.04 bits per heavy atom. The molecule has 1 amide bonds. The Labute approximate surface area is 146 Å². The van der Waals surface area contributed by atoms with Crippen molar-refractivity contribution in [1.29, 1.82) is 0 Å². The Kier molecular flexibility index (Phi) is 6.80. The lowest BCUT2D eigenvalue weighted by Crippen LogP contribution is -2.47. The summed E-state index contributed by atoms with van der Waals surface area (Å²) in [6.45, 7) is 5.22. The fourth-order valence-corrected chi connectivity index (χ4v) is 2.21. The third-order valence-corrected chi connectivity index (χ3v) is 4.09. The summed E-state index contributed by atoms with van der Waals surface area (Å²) < 4.78 is 84.6. The van der Waals surface area contributed by atoms with Crippen molar-refractivity contribution in [1.82, 2.24) is 4.90 Å². The largest absolute Gasteiger partial charge is 0.462 e. The summed E-state index contributed by atoms with van der Waals surface area (Å²) in [7, 11) is 0. The SMILES string of the molecule is CCC(C)(C)OC(=O)N1CCC(OC(=O)C(C(F)(F)F)C(F)(F)F)CC1. The highest BCUT2D eigenvalue weighted by molar-refractivity contribution is 5.74. The van der Waals surface area contributed by atoms with Gasteiger partial charge >= 0.3 is 24.4 Å². The van der Waals surface area contributed by atoms with Crippen molar-refractivity contribution in [2.45, 2.75) is 64.1 Å². The fourth-order valence-electron chi connectivity index (χ4n) is 2.21. The Bertz CT molecular complexity index is 495. The molecule has 0 saturated carbocycles. The fraction of sp³-hybridized carbons (Fsp3) is 0.867. The number of alkyl halides is 6. The van der Waals surface area contributed by atoms with E-state index in [9.17, 15) is 35.9 Å². The first-order chi connectivity index (χ1) is 11.7. The van der Waals surface area contributed by atoms with E-state index in [1.807, 2.05) is 6.92 Å². The molecule has 1 heterocycles. The minimum atomic E-state index is -5.79. The standard InChI is InChI=1S/C15H21F6NO4/c1-4-13(2,3)26-12(24)22-7-5-9(6-8-22)25-11(23)10(14(16,17)18)15(19,20)21/h9-10H,4-8H2,1-3H3. The first kappa shape index (κ1) is 22.4. The second kappa shape index (κ2) is 7.91. The third-order valence-electron chi connectivity index (χ3n) is 4.09. The number of rotatable bonds is 4. The van der Waals surface area contributed by atoms with Gasteiger partial charge in [-0.3, -0.25) is 4.79 Å². The van der Waals surface area contributed by atoms with Crippen LogP contribution in [0.15, 0.2) is 0 Å². The normalized spacial score (nSPS) is 17.4. The number of piperidine rings is 1. The maximum Gasteiger partial charge on any atom is 0.411 e. The number of hydrogen-bond acceptors (Lipinski definition) is 4. The van der Waals surface area contributed by atoms with E-state index in [4.69, 9.17) is 4.74 Å². The van der Waals surface area contributed by atoms with Gasteiger partial charge in [0.15, 0.2) is 0 Å². The summed E-state index contributed by atoms with van der Waals surface area (Å²) in [5, 5.41) is 0. The van der Waals surface area contributed by atoms with Crippen molar-refractivity contribution in [3.05, 3.63) is 0 Å². The summed E-state index contributed by atoms with van der Waals surface area (Å²) >= 11 is 0. The maximum absolute atomic E-state index is 12.5. The molecule has 0 N–H and O–H groups in total. The predicted octanol–water partition coefficient (Wildman–Crippen LogP) is 4.06. The number of likely N-dealkylation sites (tertiary alicyclic amines) is 1. The lowest BCUT2D eigenvalue weighted by molar-refractivity contribution is -0.283. The van der Waals surface area contributed by atoms with Crippen LogP contribution in [0.2, 0.25) is 0 Å². The lowest BCUT2D eigenvalue weighted by atomic mass is 10.1. The molecule has 0 radical (unpaired) electrons. The lowest BCUT2D eigenvalue weighted by Gasteiger charge is -2.34. The van der Waals surface area contributed by atoms with Crippen molar-refractivity contribution in [3.8, 4) is 0 Å². The molecular weight excluding hydrogens is 372 g/mol. The van der Waals surface area contributed by atoms with E-state index in [0.717, 1.165) is 0 Å². The van der Waals surface area contributed by atoms with Gasteiger partial charge in [-0.1, -0.05) is 6.92 Å². The van der Waals surface area contributed by atoms with Crippen LogP contribution in [-0.4, -0.2) is 54.1 Å². The predicted molar refractivity (Wildman–Crippen MR) is 77.1 cm³/mol.